The minimum Gasteiger partial charge on any atom is -0.497 e. The minimum absolute atomic E-state index is 0.0374. The Labute approximate surface area is 248 Å². The molecular formula is C31H38ClN3O5S. The number of ether oxygens (including phenoxy) is 1. The Morgan fingerprint density at radius 1 is 0.951 bits per heavy atom. The highest BCUT2D eigenvalue weighted by Gasteiger charge is 2.34. The Morgan fingerprint density at radius 2 is 1.61 bits per heavy atom. The lowest BCUT2D eigenvalue weighted by molar-refractivity contribution is -0.140. The van der Waals surface area contributed by atoms with Crippen molar-refractivity contribution in [3.8, 4) is 5.75 Å². The molecule has 2 atom stereocenters. The lowest BCUT2D eigenvalue weighted by Crippen LogP contribution is -2.53. The van der Waals surface area contributed by atoms with E-state index >= 15 is 0 Å². The molecule has 1 N–H and O–H groups in total. The summed E-state index contributed by atoms with van der Waals surface area (Å²) >= 11 is 6.38. The van der Waals surface area contributed by atoms with Gasteiger partial charge in [-0.3, -0.25) is 13.9 Å². The molecule has 0 saturated heterocycles. The molecule has 3 aromatic carbocycles. The normalized spacial score (nSPS) is 12.7. The van der Waals surface area contributed by atoms with Crippen LogP contribution in [0.2, 0.25) is 5.02 Å². The molecule has 41 heavy (non-hydrogen) atoms. The van der Waals surface area contributed by atoms with E-state index in [1.54, 1.807) is 62.6 Å². The van der Waals surface area contributed by atoms with Crippen LogP contribution >= 0.6 is 11.6 Å². The van der Waals surface area contributed by atoms with Gasteiger partial charge in [-0.1, -0.05) is 61.8 Å². The van der Waals surface area contributed by atoms with Crippen LogP contribution in [0.5, 0.6) is 5.75 Å². The molecule has 0 fully saturated rings. The van der Waals surface area contributed by atoms with Gasteiger partial charge in [0.1, 0.15) is 18.3 Å². The topological polar surface area (TPSA) is 96.0 Å². The number of nitrogens with zero attached hydrogens (tertiary/aromatic N) is 2. The molecule has 0 bridgehead atoms. The van der Waals surface area contributed by atoms with E-state index in [1.807, 2.05) is 32.9 Å². The van der Waals surface area contributed by atoms with Gasteiger partial charge in [0.15, 0.2) is 0 Å². The quantitative estimate of drug-likeness (QED) is 0.277. The summed E-state index contributed by atoms with van der Waals surface area (Å²) in [5, 5.41) is 3.35. The van der Waals surface area contributed by atoms with Crippen molar-refractivity contribution in [1.29, 1.82) is 0 Å². The third kappa shape index (κ3) is 7.80. The second kappa shape index (κ2) is 14.4. The van der Waals surface area contributed by atoms with Crippen molar-refractivity contribution in [2.45, 2.75) is 64.1 Å². The highest BCUT2D eigenvalue weighted by atomic mass is 35.5. The molecule has 2 unspecified atom stereocenters. The van der Waals surface area contributed by atoms with Gasteiger partial charge in [-0.2, -0.15) is 0 Å². The van der Waals surface area contributed by atoms with Crippen LogP contribution in [0.25, 0.3) is 0 Å². The van der Waals surface area contributed by atoms with Crippen LogP contribution in [0, 0.1) is 6.92 Å². The van der Waals surface area contributed by atoms with Crippen molar-refractivity contribution in [2.24, 2.45) is 0 Å². The van der Waals surface area contributed by atoms with Gasteiger partial charge >= 0.3 is 0 Å². The zero-order chi connectivity index (χ0) is 30.2. The maximum atomic E-state index is 14.2. The van der Waals surface area contributed by atoms with Crippen LogP contribution in [0.4, 0.5) is 5.69 Å². The molecule has 0 heterocycles. The molecule has 0 spiro atoms. The van der Waals surface area contributed by atoms with E-state index in [2.05, 4.69) is 5.32 Å². The van der Waals surface area contributed by atoms with Gasteiger partial charge in [-0.15, -0.1) is 0 Å². The third-order valence-corrected chi connectivity index (χ3v) is 9.20. The van der Waals surface area contributed by atoms with Crippen molar-refractivity contribution in [2.75, 3.05) is 18.0 Å². The number of nitrogens with one attached hydrogen (secondary N) is 1. The SMILES string of the molecule is CCC(C)NC(=O)C(CC)N(Cc1ccc(OC)cc1)C(=O)CN(c1cccc(Cl)c1C)S(=O)(=O)c1ccccc1. The number of hydrogen-bond donors (Lipinski definition) is 1. The van der Waals surface area contributed by atoms with Crippen LogP contribution < -0.4 is 14.4 Å². The average Bonchev–Trinajstić information content (AvgIpc) is 2.97. The largest absolute Gasteiger partial charge is 0.497 e. The summed E-state index contributed by atoms with van der Waals surface area (Å²) in [7, 11) is -2.60. The van der Waals surface area contributed by atoms with E-state index in [4.69, 9.17) is 16.3 Å². The number of carbonyl (C=O) groups excluding carboxylic acids is 2. The first-order chi connectivity index (χ1) is 19.5. The molecule has 10 heteroatoms. The molecule has 0 aliphatic heterocycles. The van der Waals surface area contributed by atoms with Crippen LogP contribution in [0.1, 0.15) is 44.7 Å². The van der Waals surface area contributed by atoms with Gasteiger partial charge in [-0.25, -0.2) is 8.42 Å². The Kier molecular flexibility index (Phi) is 11.2. The van der Waals surface area contributed by atoms with Crippen LogP contribution in [-0.2, 0) is 26.2 Å². The Hall–Kier alpha value is -3.56. The molecule has 3 aromatic rings. The fourth-order valence-corrected chi connectivity index (χ4v) is 6.05. The lowest BCUT2D eigenvalue weighted by Gasteiger charge is -2.34. The van der Waals surface area contributed by atoms with Gasteiger partial charge in [0.25, 0.3) is 10.0 Å². The number of halogens is 1. The minimum atomic E-state index is -4.17. The van der Waals surface area contributed by atoms with Crippen molar-refractivity contribution in [3.63, 3.8) is 0 Å². The smallest absolute Gasteiger partial charge is 0.264 e. The fourth-order valence-electron chi connectivity index (χ4n) is 4.39. The molecule has 0 radical (unpaired) electrons. The maximum absolute atomic E-state index is 14.2. The summed E-state index contributed by atoms with van der Waals surface area (Å²) in [4.78, 5) is 29.0. The summed E-state index contributed by atoms with van der Waals surface area (Å²) in [5.74, 6) is -0.157. The van der Waals surface area contributed by atoms with Crippen LogP contribution in [0.15, 0.2) is 77.7 Å². The number of anilines is 1. The van der Waals surface area contributed by atoms with E-state index in [1.165, 1.54) is 17.0 Å². The summed E-state index contributed by atoms with van der Waals surface area (Å²) in [6.45, 7) is 6.97. The van der Waals surface area contributed by atoms with E-state index in [0.29, 0.717) is 22.8 Å². The molecule has 0 saturated carbocycles. The number of amides is 2. The van der Waals surface area contributed by atoms with Crippen molar-refractivity contribution >= 4 is 39.1 Å². The van der Waals surface area contributed by atoms with Gasteiger partial charge in [0.2, 0.25) is 11.8 Å². The monoisotopic (exact) mass is 599 g/mol. The zero-order valence-corrected chi connectivity index (χ0v) is 25.7. The predicted molar refractivity (Wildman–Crippen MR) is 163 cm³/mol. The molecule has 3 rings (SSSR count). The first kappa shape index (κ1) is 32.0. The van der Waals surface area contributed by atoms with Gasteiger partial charge in [-0.05, 0) is 74.2 Å². The molecule has 0 aromatic heterocycles. The first-order valence-electron chi connectivity index (χ1n) is 13.6. The number of sulfonamides is 1. The van der Waals surface area contributed by atoms with E-state index in [0.717, 1.165) is 16.3 Å². The number of hydrogen-bond acceptors (Lipinski definition) is 5. The standard InChI is InChI=1S/C31H38ClN3O5S/c1-6-22(3)33-31(37)28(7-2)34(20-24-16-18-25(40-5)19-17-24)30(36)21-35(29-15-11-14-27(32)23(29)4)41(38,39)26-12-9-8-10-13-26/h8-19,22,28H,6-7,20-21H2,1-5H3,(H,33,37). The number of methoxy groups -OCH3 is 1. The predicted octanol–water partition coefficient (Wildman–Crippen LogP) is 5.57. The molecular weight excluding hydrogens is 562 g/mol. The molecule has 0 aliphatic rings. The van der Waals surface area contributed by atoms with Crippen LogP contribution in [-0.4, -0.2) is 50.9 Å². The molecule has 8 nitrogen and oxygen atoms in total. The van der Waals surface area contributed by atoms with Crippen molar-refractivity contribution in [3.05, 3.63) is 88.9 Å². The Bertz CT molecular complexity index is 1430. The Morgan fingerprint density at radius 3 is 2.20 bits per heavy atom. The van der Waals surface area contributed by atoms with Gasteiger partial charge in [0.05, 0.1) is 17.7 Å². The third-order valence-electron chi connectivity index (χ3n) is 7.02. The van der Waals surface area contributed by atoms with E-state index < -0.39 is 28.5 Å². The first-order valence-corrected chi connectivity index (χ1v) is 15.4. The van der Waals surface area contributed by atoms with E-state index in [-0.39, 0.29) is 29.1 Å². The number of benzene rings is 3. The summed E-state index contributed by atoms with van der Waals surface area (Å²) in [5.41, 5.74) is 1.58. The van der Waals surface area contributed by atoms with Gasteiger partial charge in [0, 0.05) is 17.6 Å². The number of rotatable bonds is 13. The molecule has 2 amide bonds. The van der Waals surface area contributed by atoms with Crippen molar-refractivity contribution in [1.82, 2.24) is 10.2 Å². The summed E-state index contributed by atoms with van der Waals surface area (Å²) in [6.07, 6.45) is 1.07. The second-order valence-electron chi connectivity index (χ2n) is 9.82. The highest BCUT2D eigenvalue weighted by molar-refractivity contribution is 7.92. The van der Waals surface area contributed by atoms with E-state index in [9.17, 15) is 18.0 Å². The fraction of sp³-hybridized carbons (Fsp3) is 0.355. The zero-order valence-electron chi connectivity index (χ0n) is 24.1. The van der Waals surface area contributed by atoms with Crippen molar-refractivity contribution < 1.29 is 22.7 Å². The maximum Gasteiger partial charge on any atom is 0.264 e. The summed E-state index contributed by atoms with van der Waals surface area (Å²) in [6, 6.07) is 19.2. The molecule has 220 valence electrons. The summed E-state index contributed by atoms with van der Waals surface area (Å²) < 4.78 is 34.3. The lowest BCUT2D eigenvalue weighted by atomic mass is 10.1. The molecule has 0 aliphatic carbocycles. The second-order valence-corrected chi connectivity index (χ2v) is 12.1. The van der Waals surface area contributed by atoms with Crippen LogP contribution in [0.3, 0.4) is 0 Å². The Balaban J connectivity index is 2.08. The average molecular weight is 600 g/mol. The van der Waals surface area contributed by atoms with Gasteiger partial charge < -0.3 is 15.0 Å². The number of carbonyl (C=O) groups is 2. The highest BCUT2D eigenvalue weighted by Crippen LogP contribution is 2.31.